The number of hydrogen-bond acceptors (Lipinski definition) is 18. The molecule has 3 saturated heterocycles. The van der Waals surface area contributed by atoms with Gasteiger partial charge in [0.25, 0.3) is 0 Å². The molecule has 0 aliphatic carbocycles. The molecule has 20 heteroatoms. The zero-order valence-corrected chi connectivity index (χ0v) is 24.7. The van der Waals surface area contributed by atoms with Crippen molar-refractivity contribution in [3.05, 3.63) is 0 Å². The summed E-state index contributed by atoms with van der Waals surface area (Å²) in [5.41, 5.74) is 0. The highest BCUT2D eigenvalue weighted by Crippen LogP contribution is 2.31. The Morgan fingerprint density at radius 1 is 0.609 bits per heavy atom. The number of aliphatic hydroxyl groups is 10. The van der Waals surface area contributed by atoms with E-state index < -0.39 is 118 Å². The summed E-state index contributed by atoms with van der Waals surface area (Å²) in [4.78, 5) is 22.6. The number of carboxylic acids is 1. The SMILES string of the molecule is O=C(O)CCCCC(=O)NCCO[C@H]1O[C@H](CO[C@H]2O[C@H](CO)[C@@H](O)[C@H](O)[C@@H]2O)[C@@H](O)[C@H](O[C@H]2O[C@H](CO)[C@@H](O)[C@H](O)[C@@H]2O)[C@@H]1O. The van der Waals surface area contributed by atoms with E-state index in [-0.39, 0.29) is 31.9 Å². The number of amides is 1. The number of rotatable bonds is 16. The van der Waals surface area contributed by atoms with Gasteiger partial charge in [-0.3, -0.25) is 9.59 Å². The molecular formula is C26H45NO19. The van der Waals surface area contributed by atoms with Crippen molar-refractivity contribution in [3.8, 4) is 0 Å². The van der Waals surface area contributed by atoms with E-state index in [1.807, 2.05) is 0 Å². The summed E-state index contributed by atoms with van der Waals surface area (Å²) in [6.45, 7) is -2.46. The Balaban J connectivity index is 1.67. The average Bonchev–Trinajstić information content (AvgIpc) is 3.03. The molecule has 12 N–H and O–H groups in total. The summed E-state index contributed by atoms with van der Waals surface area (Å²) in [7, 11) is 0. The Morgan fingerprint density at radius 2 is 1.13 bits per heavy atom. The molecule has 0 aromatic carbocycles. The van der Waals surface area contributed by atoms with E-state index in [9.17, 15) is 60.7 Å². The van der Waals surface area contributed by atoms with Gasteiger partial charge in [-0.15, -0.1) is 0 Å². The molecule has 20 nitrogen and oxygen atoms in total. The molecule has 0 aromatic heterocycles. The maximum atomic E-state index is 12.0. The largest absolute Gasteiger partial charge is 0.481 e. The topological polar surface area (TPSA) is 324 Å². The van der Waals surface area contributed by atoms with Crippen LogP contribution in [0.1, 0.15) is 25.7 Å². The highest BCUT2D eigenvalue weighted by molar-refractivity contribution is 5.75. The average molecular weight is 676 g/mol. The standard InChI is InChI=1S/C26H45NO19/c28-7-10-15(33)18(36)20(38)24(43-10)42-9-12-17(35)23(46-26-21(39)19(37)16(34)11(8-29)44-26)22(40)25(45-12)41-6-5-27-13(30)3-1-2-4-14(31)32/h10-12,15-26,28-29,33-40H,1-9H2,(H,27,30)(H,31,32)/t10-,11-,12-,15-,16-,17-,18+,19+,20+,21+,22+,23+,24+,25+,26-/m1/s1. The highest BCUT2D eigenvalue weighted by atomic mass is 16.7. The number of carboxylic acid groups (broad SMARTS) is 1. The minimum atomic E-state index is -1.89. The first-order valence-electron chi connectivity index (χ1n) is 14.8. The number of hydrogen-bond donors (Lipinski definition) is 12. The van der Waals surface area contributed by atoms with Gasteiger partial charge >= 0.3 is 5.97 Å². The van der Waals surface area contributed by atoms with Crippen molar-refractivity contribution < 1.29 is 94.2 Å². The first-order chi connectivity index (χ1) is 21.8. The Morgan fingerprint density at radius 3 is 1.72 bits per heavy atom. The maximum absolute atomic E-state index is 12.0. The van der Waals surface area contributed by atoms with Gasteiger partial charge in [-0.2, -0.15) is 0 Å². The van der Waals surface area contributed by atoms with Crippen molar-refractivity contribution >= 4 is 11.9 Å². The number of ether oxygens (including phenoxy) is 6. The van der Waals surface area contributed by atoms with E-state index in [1.54, 1.807) is 0 Å². The smallest absolute Gasteiger partial charge is 0.303 e. The van der Waals surface area contributed by atoms with Crippen LogP contribution in [-0.4, -0.2) is 193 Å². The van der Waals surface area contributed by atoms with Crippen LogP contribution in [-0.2, 0) is 38.0 Å². The normalized spacial score (nSPS) is 41.7. The van der Waals surface area contributed by atoms with Gasteiger partial charge in [-0.05, 0) is 12.8 Å². The fraction of sp³-hybridized carbons (Fsp3) is 0.923. The Hall–Kier alpha value is -1.70. The molecule has 0 saturated carbocycles. The molecule has 15 atom stereocenters. The molecule has 46 heavy (non-hydrogen) atoms. The first-order valence-corrected chi connectivity index (χ1v) is 14.8. The van der Waals surface area contributed by atoms with Gasteiger partial charge in [0.1, 0.15) is 73.2 Å². The quantitative estimate of drug-likeness (QED) is 0.0676. The molecule has 3 aliphatic heterocycles. The van der Waals surface area contributed by atoms with Gasteiger partial charge in [-0.1, -0.05) is 0 Å². The predicted molar refractivity (Wildman–Crippen MR) is 144 cm³/mol. The lowest BCUT2D eigenvalue weighted by molar-refractivity contribution is -0.366. The van der Waals surface area contributed by atoms with E-state index in [1.165, 1.54) is 0 Å². The maximum Gasteiger partial charge on any atom is 0.303 e. The second-order valence-corrected chi connectivity index (χ2v) is 11.2. The van der Waals surface area contributed by atoms with Crippen molar-refractivity contribution in [2.75, 3.05) is 33.0 Å². The molecule has 3 rings (SSSR count). The van der Waals surface area contributed by atoms with Gasteiger partial charge in [0, 0.05) is 19.4 Å². The van der Waals surface area contributed by atoms with Crippen LogP contribution in [0, 0.1) is 0 Å². The highest BCUT2D eigenvalue weighted by Gasteiger charge is 2.52. The summed E-state index contributed by atoms with van der Waals surface area (Å²) in [5.74, 6) is -1.36. The van der Waals surface area contributed by atoms with Gasteiger partial charge in [0.2, 0.25) is 5.91 Å². The summed E-state index contributed by atoms with van der Waals surface area (Å²) >= 11 is 0. The van der Waals surface area contributed by atoms with E-state index in [4.69, 9.17) is 33.5 Å². The molecule has 0 unspecified atom stereocenters. The Bertz CT molecular complexity index is 943. The summed E-state index contributed by atoms with van der Waals surface area (Å²) < 4.78 is 32.9. The van der Waals surface area contributed by atoms with Crippen molar-refractivity contribution in [3.63, 3.8) is 0 Å². The number of carbonyl (C=O) groups is 2. The second kappa shape index (κ2) is 18.2. The van der Waals surface area contributed by atoms with Crippen molar-refractivity contribution in [2.24, 2.45) is 0 Å². The molecule has 0 spiro atoms. The molecule has 268 valence electrons. The lowest BCUT2D eigenvalue weighted by Crippen LogP contribution is -2.65. The van der Waals surface area contributed by atoms with Crippen LogP contribution in [0.2, 0.25) is 0 Å². The van der Waals surface area contributed by atoms with Crippen molar-refractivity contribution in [2.45, 2.75) is 118 Å². The summed E-state index contributed by atoms with van der Waals surface area (Å²) in [6, 6.07) is 0. The number of aliphatic carboxylic acids is 1. The fourth-order valence-corrected chi connectivity index (χ4v) is 5.08. The molecule has 3 aliphatic rings. The third-order valence-electron chi connectivity index (χ3n) is 7.81. The van der Waals surface area contributed by atoms with E-state index in [0.29, 0.717) is 12.8 Å². The molecule has 3 heterocycles. The van der Waals surface area contributed by atoms with Crippen LogP contribution in [0.25, 0.3) is 0 Å². The number of aliphatic hydroxyl groups excluding tert-OH is 10. The molecule has 0 aromatic rings. The van der Waals surface area contributed by atoms with Gasteiger partial charge < -0.3 is 89.9 Å². The van der Waals surface area contributed by atoms with Crippen LogP contribution in [0.4, 0.5) is 0 Å². The molecule has 3 fully saturated rings. The number of unbranched alkanes of at least 4 members (excludes halogenated alkanes) is 1. The lowest BCUT2D eigenvalue weighted by Gasteiger charge is -2.46. The van der Waals surface area contributed by atoms with Crippen LogP contribution < -0.4 is 5.32 Å². The predicted octanol–water partition coefficient (Wildman–Crippen LogP) is -6.79. The zero-order chi connectivity index (χ0) is 34.1. The minimum absolute atomic E-state index is 0.0639. The molecule has 0 bridgehead atoms. The van der Waals surface area contributed by atoms with Crippen molar-refractivity contribution in [1.82, 2.24) is 5.32 Å². The van der Waals surface area contributed by atoms with Gasteiger partial charge in [0.05, 0.1) is 26.4 Å². The summed E-state index contributed by atoms with van der Waals surface area (Å²) in [5, 5.41) is 113. The minimum Gasteiger partial charge on any atom is -0.481 e. The first kappa shape index (κ1) is 38.7. The monoisotopic (exact) mass is 675 g/mol. The fourth-order valence-electron chi connectivity index (χ4n) is 5.08. The van der Waals surface area contributed by atoms with Crippen LogP contribution >= 0.6 is 0 Å². The molecule has 1 amide bonds. The van der Waals surface area contributed by atoms with Gasteiger partial charge in [0.15, 0.2) is 18.9 Å². The van der Waals surface area contributed by atoms with Gasteiger partial charge in [-0.25, -0.2) is 0 Å². The number of nitrogens with one attached hydrogen (secondary N) is 1. The zero-order valence-electron chi connectivity index (χ0n) is 24.7. The van der Waals surface area contributed by atoms with E-state index in [0.717, 1.165) is 0 Å². The number of carbonyl (C=O) groups excluding carboxylic acids is 1. The van der Waals surface area contributed by atoms with Crippen LogP contribution in [0.5, 0.6) is 0 Å². The van der Waals surface area contributed by atoms with Crippen molar-refractivity contribution in [1.29, 1.82) is 0 Å². The van der Waals surface area contributed by atoms with Crippen LogP contribution in [0.3, 0.4) is 0 Å². The van der Waals surface area contributed by atoms with E-state index in [2.05, 4.69) is 5.32 Å². The van der Waals surface area contributed by atoms with E-state index >= 15 is 0 Å². The Kier molecular flexibility index (Phi) is 15.3. The molecule has 0 radical (unpaired) electrons. The van der Waals surface area contributed by atoms with Crippen LogP contribution in [0.15, 0.2) is 0 Å². The Labute approximate surface area is 262 Å². The third kappa shape index (κ3) is 9.92. The second-order valence-electron chi connectivity index (χ2n) is 11.2. The third-order valence-corrected chi connectivity index (χ3v) is 7.81. The molecular weight excluding hydrogens is 630 g/mol. The lowest BCUT2D eigenvalue weighted by atomic mass is 9.96. The summed E-state index contributed by atoms with van der Waals surface area (Å²) in [6.07, 6.45) is -24.4.